The van der Waals surface area contributed by atoms with Crippen molar-refractivity contribution in [2.45, 2.75) is 19.4 Å². The normalized spacial score (nSPS) is 11.4. The van der Waals surface area contributed by atoms with Crippen molar-refractivity contribution in [1.29, 1.82) is 0 Å². The molecule has 0 saturated carbocycles. The number of ether oxygens (including phenoxy) is 1. The van der Waals surface area contributed by atoms with E-state index in [0.717, 1.165) is 5.56 Å². The van der Waals surface area contributed by atoms with Crippen molar-refractivity contribution in [2.75, 3.05) is 5.32 Å². The van der Waals surface area contributed by atoms with Gasteiger partial charge in [-0.3, -0.25) is 9.59 Å². The Morgan fingerprint density at radius 3 is 2.44 bits per heavy atom. The fraction of sp³-hybridized carbons (Fsp3) is 0.174. The number of para-hydroxylation sites is 1. The molecule has 2 aromatic carbocycles. The van der Waals surface area contributed by atoms with Crippen molar-refractivity contribution in [3.05, 3.63) is 82.3 Å². The van der Waals surface area contributed by atoms with E-state index in [1.54, 1.807) is 24.3 Å². The summed E-state index contributed by atoms with van der Waals surface area (Å²) in [6.45, 7) is 1.92. The molecule has 1 aromatic heterocycles. The Bertz CT molecular complexity index is 1190. The molecule has 3 aromatic rings. The molecule has 9 heteroatoms. The average Bonchev–Trinajstić information content (AvgIpc) is 2.75. The van der Waals surface area contributed by atoms with Crippen LogP contribution < -0.4 is 20.9 Å². The Labute approximate surface area is 183 Å². The van der Waals surface area contributed by atoms with Crippen LogP contribution in [0.25, 0.3) is 0 Å². The van der Waals surface area contributed by atoms with Gasteiger partial charge < -0.3 is 30.2 Å². The van der Waals surface area contributed by atoms with Crippen LogP contribution in [-0.2, 0) is 11.8 Å². The number of aliphatic carboxylic acids is 1. The molecular weight excluding hydrogens is 414 g/mol. The number of aromatic hydroxyl groups is 1. The van der Waals surface area contributed by atoms with Crippen LogP contribution in [0, 0.1) is 6.92 Å². The van der Waals surface area contributed by atoms with Crippen LogP contribution in [0.3, 0.4) is 0 Å². The van der Waals surface area contributed by atoms with Gasteiger partial charge in [0.1, 0.15) is 17.2 Å². The third-order valence-electron chi connectivity index (χ3n) is 4.77. The van der Waals surface area contributed by atoms with Gasteiger partial charge in [-0.1, -0.05) is 30.3 Å². The van der Waals surface area contributed by atoms with Gasteiger partial charge in [0.15, 0.2) is 5.69 Å². The molecule has 1 atom stereocenters. The molecule has 0 aliphatic heterocycles. The first-order valence-electron chi connectivity index (χ1n) is 9.76. The molecule has 0 bridgehead atoms. The number of amides is 2. The Hall–Kier alpha value is -4.27. The summed E-state index contributed by atoms with van der Waals surface area (Å²) < 4.78 is 7.03. The lowest BCUT2D eigenvalue weighted by Crippen LogP contribution is -2.35. The second-order valence-electron chi connectivity index (χ2n) is 7.18. The van der Waals surface area contributed by atoms with Crippen molar-refractivity contribution in [3.8, 4) is 17.2 Å². The predicted octanol–water partition coefficient (Wildman–Crippen LogP) is 3.53. The predicted molar refractivity (Wildman–Crippen MR) is 118 cm³/mol. The third-order valence-corrected chi connectivity index (χ3v) is 4.77. The molecule has 0 aliphatic carbocycles. The zero-order valence-electron chi connectivity index (χ0n) is 17.5. The van der Waals surface area contributed by atoms with Gasteiger partial charge in [0.05, 0.1) is 12.5 Å². The highest BCUT2D eigenvalue weighted by Crippen LogP contribution is 2.27. The van der Waals surface area contributed by atoms with E-state index in [-0.39, 0.29) is 12.1 Å². The summed E-state index contributed by atoms with van der Waals surface area (Å²) in [6.07, 6.45) is 0.971. The largest absolute Gasteiger partial charge is 0.505 e. The summed E-state index contributed by atoms with van der Waals surface area (Å²) in [7, 11) is 1.47. The van der Waals surface area contributed by atoms with Crippen LogP contribution in [0.4, 0.5) is 10.5 Å². The number of carbonyl (C=O) groups excluding carboxylic acids is 1. The van der Waals surface area contributed by atoms with Crippen molar-refractivity contribution < 1.29 is 24.5 Å². The van der Waals surface area contributed by atoms with Crippen LogP contribution in [0.2, 0.25) is 0 Å². The number of anilines is 1. The minimum absolute atomic E-state index is 0.302. The fourth-order valence-electron chi connectivity index (χ4n) is 3.04. The van der Waals surface area contributed by atoms with Crippen molar-refractivity contribution in [3.63, 3.8) is 0 Å². The van der Waals surface area contributed by atoms with Gasteiger partial charge in [-0.15, -0.1) is 0 Å². The molecule has 0 spiro atoms. The number of carbonyl (C=O) groups is 2. The van der Waals surface area contributed by atoms with Gasteiger partial charge in [0, 0.05) is 13.2 Å². The van der Waals surface area contributed by atoms with Gasteiger partial charge in [0.2, 0.25) is 0 Å². The molecule has 3 rings (SSSR count). The first kappa shape index (κ1) is 22.4. The molecule has 166 valence electrons. The molecule has 0 radical (unpaired) electrons. The van der Waals surface area contributed by atoms with E-state index in [9.17, 15) is 24.6 Å². The summed E-state index contributed by atoms with van der Waals surface area (Å²) in [4.78, 5) is 35.9. The van der Waals surface area contributed by atoms with E-state index in [2.05, 4.69) is 10.6 Å². The van der Waals surface area contributed by atoms with Gasteiger partial charge in [-0.05, 0) is 42.3 Å². The number of nitrogens with zero attached hydrogens (tertiary/aromatic N) is 1. The molecule has 0 fully saturated rings. The highest BCUT2D eigenvalue weighted by atomic mass is 16.5. The quantitative estimate of drug-likeness (QED) is 0.447. The number of urea groups is 1. The minimum atomic E-state index is -1.12. The number of rotatable bonds is 7. The molecular formula is C23H23N3O6. The number of aryl methyl sites for hydroxylation is 2. The number of nitrogens with one attached hydrogen (secondary N) is 2. The maximum Gasteiger partial charge on any atom is 0.319 e. The van der Waals surface area contributed by atoms with Crippen LogP contribution in [-0.4, -0.2) is 26.8 Å². The molecule has 9 nitrogen and oxygen atoms in total. The van der Waals surface area contributed by atoms with Crippen LogP contribution in [0.15, 0.2) is 65.6 Å². The second-order valence-corrected chi connectivity index (χ2v) is 7.18. The Balaban J connectivity index is 1.76. The number of aromatic nitrogens is 1. The summed E-state index contributed by atoms with van der Waals surface area (Å²) in [5.74, 6) is -0.256. The molecule has 4 N–H and O–H groups in total. The van der Waals surface area contributed by atoms with E-state index >= 15 is 0 Å². The number of carboxylic acids is 1. The zero-order chi connectivity index (χ0) is 23.3. The average molecular weight is 437 g/mol. The van der Waals surface area contributed by atoms with Crippen LogP contribution in [0.5, 0.6) is 17.2 Å². The fourth-order valence-corrected chi connectivity index (χ4v) is 3.04. The molecule has 2 amide bonds. The van der Waals surface area contributed by atoms with Gasteiger partial charge >= 0.3 is 12.0 Å². The monoisotopic (exact) mass is 437 g/mol. The highest BCUT2D eigenvalue weighted by molar-refractivity contribution is 5.91. The summed E-state index contributed by atoms with van der Waals surface area (Å²) in [5, 5.41) is 24.0. The van der Waals surface area contributed by atoms with Crippen LogP contribution in [0.1, 0.15) is 23.6 Å². The number of hydrogen-bond acceptors (Lipinski definition) is 5. The molecule has 32 heavy (non-hydrogen) atoms. The Morgan fingerprint density at radius 2 is 1.78 bits per heavy atom. The lowest BCUT2D eigenvalue weighted by atomic mass is 10.0. The smallest absolute Gasteiger partial charge is 0.319 e. The van der Waals surface area contributed by atoms with Crippen molar-refractivity contribution >= 4 is 17.7 Å². The summed E-state index contributed by atoms with van der Waals surface area (Å²) in [5.41, 5.74) is 0.593. The first-order chi connectivity index (χ1) is 15.2. The van der Waals surface area contributed by atoms with Crippen LogP contribution >= 0.6 is 0 Å². The lowest BCUT2D eigenvalue weighted by Gasteiger charge is -2.19. The highest BCUT2D eigenvalue weighted by Gasteiger charge is 2.20. The zero-order valence-corrected chi connectivity index (χ0v) is 17.5. The SMILES string of the molecule is Cc1ccccc1Oc1ccc(C(CC(=O)O)NC(=O)Nc2c(O)ccn(C)c2=O)cc1. The number of carboxylic acid groups (broad SMARTS) is 1. The number of pyridine rings is 1. The van der Waals surface area contributed by atoms with Gasteiger partial charge in [-0.2, -0.15) is 0 Å². The van der Waals surface area contributed by atoms with E-state index < -0.39 is 29.4 Å². The second kappa shape index (κ2) is 9.69. The number of benzene rings is 2. The van der Waals surface area contributed by atoms with Gasteiger partial charge in [0.25, 0.3) is 5.56 Å². The molecule has 1 heterocycles. The Morgan fingerprint density at radius 1 is 1.09 bits per heavy atom. The molecule has 1 unspecified atom stereocenters. The first-order valence-corrected chi connectivity index (χ1v) is 9.76. The summed E-state index contributed by atoms with van der Waals surface area (Å²) in [6, 6.07) is 13.7. The summed E-state index contributed by atoms with van der Waals surface area (Å²) >= 11 is 0. The van der Waals surface area contributed by atoms with E-state index in [4.69, 9.17) is 4.74 Å². The standard InChI is InChI=1S/C23H23N3O6/c1-14-5-3-4-6-19(14)32-16-9-7-15(8-10-16)17(13-20(28)29)24-23(31)25-21-18(27)11-12-26(2)22(21)30/h3-12,17,27H,13H2,1-2H3,(H,28,29)(H2,24,25,31). The topological polar surface area (TPSA) is 130 Å². The lowest BCUT2D eigenvalue weighted by molar-refractivity contribution is -0.137. The van der Waals surface area contributed by atoms with Crippen molar-refractivity contribution in [2.24, 2.45) is 7.05 Å². The third kappa shape index (κ3) is 5.45. The van der Waals surface area contributed by atoms with E-state index in [1.165, 1.54) is 23.9 Å². The van der Waals surface area contributed by atoms with E-state index in [1.807, 2.05) is 31.2 Å². The maximum atomic E-state index is 12.4. The number of hydrogen-bond donors (Lipinski definition) is 4. The van der Waals surface area contributed by atoms with Gasteiger partial charge in [-0.25, -0.2) is 4.79 Å². The Kier molecular flexibility index (Phi) is 6.79. The maximum absolute atomic E-state index is 12.4. The molecule has 0 saturated heterocycles. The minimum Gasteiger partial charge on any atom is -0.505 e. The van der Waals surface area contributed by atoms with E-state index in [0.29, 0.717) is 17.1 Å². The van der Waals surface area contributed by atoms with Crippen molar-refractivity contribution in [1.82, 2.24) is 9.88 Å². The molecule has 0 aliphatic rings.